The van der Waals surface area contributed by atoms with Crippen molar-refractivity contribution in [1.82, 2.24) is 10.3 Å². The number of thiocarbonyl (C=S) groups is 1. The number of furan rings is 1. The first-order chi connectivity index (χ1) is 15.1. The van der Waals surface area contributed by atoms with E-state index in [-0.39, 0.29) is 11.9 Å². The third kappa shape index (κ3) is 3.75. The van der Waals surface area contributed by atoms with Crippen LogP contribution in [0.5, 0.6) is 0 Å². The van der Waals surface area contributed by atoms with Crippen LogP contribution in [-0.2, 0) is 0 Å². The predicted molar refractivity (Wildman–Crippen MR) is 126 cm³/mol. The number of rotatable bonds is 4. The lowest BCUT2D eigenvalue weighted by molar-refractivity contribution is 0.438. The van der Waals surface area contributed by atoms with Gasteiger partial charge in [-0.05, 0) is 60.7 Å². The maximum absolute atomic E-state index is 14.8. The van der Waals surface area contributed by atoms with Crippen LogP contribution in [-0.4, -0.2) is 10.1 Å². The average molecular weight is 494 g/mol. The number of hydrogen-bond donors (Lipinski definition) is 1. The molecule has 0 bridgehead atoms. The van der Waals surface area contributed by atoms with Gasteiger partial charge in [0.2, 0.25) is 0 Å². The molecule has 4 aromatic rings. The Morgan fingerprint density at radius 3 is 2.48 bits per heavy atom. The molecule has 0 aliphatic carbocycles. The third-order valence-electron chi connectivity index (χ3n) is 5.26. The average Bonchev–Trinajstić information content (AvgIpc) is 3.40. The smallest absolute Gasteiger partial charge is 0.174 e. The number of aromatic nitrogens is 1. The molecule has 2 aromatic heterocycles. The van der Waals surface area contributed by atoms with Crippen LogP contribution in [0.2, 0.25) is 0 Å². The molecule has 0 radical (unpaired) electrons. The highest BCUT2D eigenvalue weighted by atomic mass is 79.9. The van der Waals surface area contributed by atoms with Crippen LogP contribution in [0.1, 0.15) is 23.5 Å². The number of benzene rings is 2. The molecule has 0 amide bonds. The molecule has 5 rings (SSSR count). The number of para-hydroxylation sites is 1. The predicted octanol–water partition coefficient (Wildman–Crippen LogP) is 6.42. The minimum absolute atomic E-state index is 0.294. The molecule has 1 aliphatic rings. The number of nitrogens with one attached hydrogen (secondary N) is 1. The molecule has 1 fully saturated rings. The summed E-state index contributed by atoms with van der Waals surface area (Å²) in [6.07, 6.45) is 1.73. The van der Waals surface area contributed by atoms with Gasteiger partial charge in [-0.1, -0.05) is 46.3 Å². The lowest BCUT2D eigenvalue weighted by Crippen LogP contribution is -2.30. The topological polar surface area (TPSA) is 41.3 Å². The Labute approximate surface area is 192 Å². The van der Waals surface area contributed by atoms with Gasteiger partial charge in [0.15, 0.2) is 5.11 Å². The van der Waals surface area contributed by atoms with Crippen molar-refractivity contribution in [2.45, 2.75) is 12.1 Å². The molecular weight excluding hydrogens is 477 g/mol. The second kappa shape index (κ2) is 8.24. The van der Waals surface area contributed by atoms with Gasteiger partial charge in [-0.2, -0.15) is 0 Å². The summed E-state index contributed by atoms with van der Waals surface area (Å²) in [4.78, 5) is 6.28. The van der Waals surface area contributed by atoms with Gasteiger partial charge in [-0.15, -0.1) is 0 Å². The largest absolute Gasteiger partial charge is 0.459 e. The molecule has 1 N–H and O–H groups in total. The molecule has 2 aromatic carbocycles. The lowest BCUT2D eigenvalue weighted by atomic mass is 10.0. The highest BCUT2D eigenvalue weighted by Crippen LogP contribution is 2.43. The van der Waals surface area contributed by atoms with Crippen molar-refractivity contribution in [2.24, 2.45) is 0 Å². The van der Waals surface area contributed by atoms with Gasteiger partial charge in [0.1, 0.15) is 23.4 Å². The van der Waals surface area contributed by atoms with Gasteiger partial charge in [-0.3, -0.25) is 4.98 Å². The molecule has 2 unspecified atom stereocenters. The first-order valence-corrected chi connectivity index (χ1v) is 10.9. The zero-order chi connectivity index (χ0) is 21.4. The zero-order valence-corrected chi connectivity index (χ0v) is 18.6. The first-order valence-electron chi connectivity index (χ1n) is 9.72. The quantitative estimate of drug-likeness (QED) is 0.332. The Morgan fingerprint density at radius 1 is 0.968 bits per heavy atom. The van der Waals surface area contributed by atoms with Gasteiger partial charge in [0, 0.05) is 16.2 Å². The third-order valence-corrected chi connectivity index (χ3v) is 6.10. The maximum atomic E-state index is 14.8. The zero-order valence-electron chi connectivity index (χ0n) is 16.2. The normalized spacial score (nSPS) is 18.3. The van der Waals surface area contributed by atoms with Gasteiger partial charge in [0.05, 0.1) is 17.4 Å². The fraction of sp³-hybridized carbons (Fsp3) is 0.0833. The number of halogens is 2. The van der Waals surface area contributed by atoms with Crippen LogP contribution in [0.3, 0.4) is 0 Å². The van der Waals surface area contributed by atoms with Crippen molar-refractivity contribution in [1.29, 1.82) is 0 Å². The Hall–Kier alpha value is -3.03. The van der Waals surface area contributed by atoms with Gasteiger partial charge in [0.25, 0.3) is 0 Å². The second-order valence-corrected chi connectivity index (χ2v) is 8.46. The first kappa shape index (κ1) is 19.9. The monoisotopic (exact) mass is 493 g/mol. The van der Waals surface area contributed by atoms with Gasteiger partial charge >= 0.3 is 0 Å². The highest BCUT2D eigenvalue weighted by Gasteiger charge is 2.43. The molecule has 154 valence electrons. The molecule has 3 heterocycles. The molecular formula is C24H17BrFN3OS. The molecule has 0 saturated carbocycles. The number of hydrogen-bond acceptors (Lipinski definition) is 3. The Kier molecular flexibility index (Phi) is 5.29. The summed E-state index contributed by atoms with van der Waals surface area (Å²) in [5, 5.41) is 3.74. The summed E-state index contributed by atoms with van der Waals surface area (Å²) in [6.45, 7) is 0. The lowest BCUT2D eigenvalue weighted by Gasteiger charge is -2.26. The number of anilines is 1. The van der Waals surface area contributed by atoms with E-state index in [0.29, 0.717) is 16.6 Å². The van der Waals surface area contributed by atoms with Crippen LogP contribution in [0.25, 0.3) is 11.3 Å². The molecule has 7 heteroatoms. The van der Waals surface area contributed by atoms with Gasteiger partial charge < -0.3 is 14.6 Å². The van der Waals surface area contributed by atoms with E-state index in [1.54, 1.807) is 29.3 Å². The Bertz CT molecular complexity index is 1230. The summed E-state index contributed by atoms with van der Waals surface area (Å²) in [5.74, 6) is 1.05. The minimum atomic E-state index is -0.400. The van der Waals surface area contributed by atoms with Crippen molar-refractivity contribution >= 4 is 38.9 Å². The second-order valence-electron chi connectivity index (χ2n) is 7.16. The number of pyridine rings is 1. The highest BCUT2D eigenvalue weighted by molar-refractivity contribution is 9.10. The molecule has 4 nitrogen and oxygen atoms in total. The van der Waals surface area contributed by atoms with E-state index >= 15 is 0 Å². The van der Waals surface area contributed by atoms with E-state index < -0.39 is 6.04 Å². The van der Waals surface area contributed by atoms with Crippen molar-refractivity contribution in [3.8, 4) is 11.3 Å². The van der Waals surface area contributed by atoms with E-state index in [2.05, 4.69) is 26.2 Å². The van der Waals surface area contributed by atoms with E-state index in [0.717, 1.165) is 21.5 Å². The van der Waals surface area contributed by atoms with Crippen molar-refractivity contribution < 1.29 is 8.81 Å². The Balaban J connectivity index is 1.61. The van der Waals surface area contributed by atoms with Crippen LogP contribution in [0.15, 0.2) is 93.9 Å². The fourth-order valence-electron chi connectivity index (χ4n) is 3.83. The minimum Gasteiger partial charge on any atom is -0.459 e. The van der Waals surface area contributed by atoms with Crippen LogP contribution >= 0.6 is 28.1 Å². The van der Waals surface area contributed by atoms with E-state index in [1.165, 1.54) is 6.07 Å². The fourth-order valence-corrected chi connectivity index (χ4v) is 4.43. The molecule has 2 atom stereocenters. The summed E-state index contributed by atoms with van der Waals surface area (Å²) in [6, 6.07) is 23.4. The van der Waals surface area contributed by atoms with Crippen molar-refractivity contribution in [2.75, 3.05) is 4.90 Å². The van der Waals surface area contributed by atoms with Crippen LogP contribution in [0.4, 0.5) is 10.1 Å². The maximum Gasteiger partial charge on any atom is 0.174 e. The molecule has 1 aliphatic heterocycles. The number of nitrogens with zero attached hydrogens (tertiary/aromatic N) is 2. The molecule has 0 spiro atoms. The van der Waals surface area contributed by atoms with Crippen LogP contribution in [0, 0.1) is 5.82 Å². The standard InChI is InChI=1S/C24H17BrFN3OS/c25-16-10-8-15(9-11-16)20-12-13-21(30-20)23-22(18-6-3-4-14-27-18)28-24(31)29(23)19-7-2-1-5-17(19)26/h1-14,22-23H,(H,28,31). The van der Waals surface area contributed by atoms with Crippen molar-refractivity contribution in [3.63, 3.8) is 0 Å². The molecule has 1 saturated heterocycles. The van der Waals surface area contributed by atoms with E-state index in [9.17, 15) is 4.39 Å². The molecule has 31 heavy (non-hydrogen) atoms. The van der Waals surface area contributed by atoms with Crippen LogP contribution < -0.4 is 10.2 Å². The summed E-state index contributed by atoms with van der Waals surface area (Å²) < 4.78 is 22.0. The van der Waals surface area contributed by atoms with Gasteiger partial charge in [-0.25, -0.2) is 4.39 Å². The summed E-state index contributed by atoms with van der Waals surface area (Å²) in [5.41, 5.74) is 2.15. The SMILES string of the molecule is Fc1ccccc1N1C(=S)NC(c2ccccn2)C1c1ccc(-c2ccc(Br)cc2)o1. The van der Waals surface area contributed by atoms with E-state index in [1.807, 2.05) is 54.6 Å². The Morgan fingerprint density at radius 2 is 1.74 bits per heavy atom. The van der Waals surface area contributed by atoms with E-state index in [4.69, 9.17) is 16.6 Å². The summed E-state index contributed by atoms with van der Waals surface area (Å²) in [7, 11) is 0. The van der Waals surface area contributed by atoms with Crippen molar-refractivity contribution in [3.05, 3.63) is 107 Å². The summed E-state index contributed by atoms with van der Waals surface area (Å²) >= 11 is 9.08.